The lowest BCUT2D eigenvalue weighted by atomic mass is 9.93. The molecule has 0 aromatic heterocycles. The van der Waals surface area contributed by atoms with Crippen molar-refractivity contribution in [3.8, 4) is 0 Å². The molecule has 0 saturated carbocycles. The summed E-state index contributed by atoms with van der Waals surface area (Å²) in [5, 5.41) is 14.7. The van der Waals surface area contributed by atoms with Gasteiger partial charge in [0.25, 0.3) is 0 Å². The number of rotatable bonds is 12. The third kappa shape index (κ3) is 10.1. The van der Waals surface area contributed by atoms with E-state index in [9.17, 15) is 29.1 Å². The van der Waals surface area contributed by atoms with Crippen molar-refractivity contribution in [1.82, 2.24) is 15.5 Å². The zero-order chi connectivity index (χ0) is 28.3. The third-order valence-electron chi connectivity index (χ3n) is 5.30. The van der Waals surface area contributed by atoms with Crippen LogP contribution in [0.25, 0.3) is 0 Å². The lowest BCUT2D eigenvalue weighted by Crippen LogP contribution is -2.54. The smallest absolute Gasteiger partial charge is 0.408 e. The molecule has 2 unspecified atom stereocenters. The minimum Gasteiger partial charge on any atom is -0.468 e. The molecule has 0 saturated heterocycles. The molecule has 1 aromatic rings. The van der Waals surface area contributed by atoms with Gasteiger partial charge in [-0.1, -0.05) is 18.2 Å². The van der Waals surface area contributed by atoms with Gasteiger partial charge in [0.15, 0.2) is 0 Å². The zero-order valence-corrected chi connectivity index (χ0v) is 22.3. The van der Waals surface area contributed by atoms with Gasteiger partial charge in [-0.2, -0.15) is 0 Å². The molecule has 37 heavy (non-hydrogen) atoms. The molecule has 206 valence electrons. The quantitative estimate of drug-likeness (QED) is 0.289. The number of methoxy groups -OCH3 is 1. The van der Waals surface area contributed by atoms with E-state index in [0.29, 0.717) is 16.7 Å². The number of nitrogens with zero attached hydrogens (tertiary/aromatic N) is 1. The second-order valence-corrected chi connectivity index (χ2v) is 9.46. The van der Waals surface area contributed by atoms with Crippen LogP contribution < -0.4 is 16.4 Å². The number of carbonyl (C=O) groups excluding carboxylic acids is 5. The fourth-order valence-corrected chi connectivity index (χ4v) is 3.68. The number of aliphatic hydroxyl groups is 1. The van der Waals surface area contributed by atoms with E-state index in [1.165, 1.54) is 7.11 Å². The molecule has 5 N–H and O–H groups in total. The third-order valence-corrected chi connectivity index (χ3v) is 5.30. The number of nitrogens with two attached hydrogens (primary N) is 1. The standard InChI is InChI=1S/C25H38N4O8/c1-15-8-7-9-16(2)20(15)21(22(33)27-14-19(32)36-6)29(12-13-30)23(34)17(10-11-18(26)31)28-24(35)37-25(3,4)5/h7-9,17,21,30H,10-14H2,1-6H3,(H2,26,31)(H,27,33)(H,28,35). The van der Waals surface area contributed by atoms with Gasteiger partial charge in [0, 0.05) is 13.0 Å². The Kier molecular flexibility index (Phi) is 12.0. The number of primary amides is 1. The van der Waals surface area contributed by atoms with Crippen molar-refractivity contribution in [2.45, 2.75) is 65.1 Å². The van der Waals surface area contributed by atoms with Gasteiger partial charge in [0.2, 0.25) is 17.7 Å². The van der Waals surface area contributed by atoms with Crippen LogP contribution in [0.5, 0.6) is 0 Å². The molecule has 4 amide bonds. The van der Waals surface area contributed by atoms with Crippen LogP contribution in [0.1, 0.15) is 56.3 Å². The van der Waals surface area contributed by atoms with Crippen molar-refractivity contribution in [3.63, 3.8) is 0 Å². The summed E-state index contributed by atoms with van der Waals surface area (Å²) in [5.41, 5.74) is 6.26. The molecule has 0 aliphatic rings. The van der Waals surface area contributed by atoms with E-state index < -0.39 is 60.6 Å². The van der Waals surface area contributed by atoms with Gasteiger partial charge < -0.3 is 35.8 Å². The number of alkyl carbamates (subject to hydrolysis) is 1. The van der Waals surface area contributed by atoms with Gasteiger partial charge in [-0.25, -0.2) is 4.79 Å². The fourth-order valence-electron chi connectivity index (χ4n) is 3.68. The maximum atomic E-state index is 13.8. The molecular weight excluding hydrogens is 484 g/mol. The van der Waals surface area contributed by atoms with E-state index >= 15 is 0 Å². The molecule has 0 spiro atoms. The van der Waals surface area contributed by atoms with Crippen molar-refractivity contribution in [2.75, 3.05) is 26.8 Å². The van der Waals surface area contributed by atoms with Crippen LogP contribution in [0.2, 0.25) is 0 Å². The van der Waals surface area contributed by atoms with Crippen LogP contribution in [0, 0.1) is 13.8 Å². The Balaban J connectivity index is 3.53. The van der Waals surface area contributed by atoms with E-state index in [1.54, 1.807) is 52.8 Å². The largest absolute Gasteiger partial charge is 0.468 e. The Hall–Kier alpha value is -3.67. The van der Waals surface area contributed by atoms with Crippen molar-refractivity contribution >= 4 is 29.8 Å². The van der Waals surface area contributed by atoms with Gasteiger partial charge >= 0.3 is 12.1 Å². The number of carbonyl (C=O) groups is 5. The minimum absolute atomic E-state index is 0.168. The molecule has 0 aliphatic heterocycles. The molecule has 1 rings (SSSR count). The Morgan fingerprint density at radius 2 is 1.70 bits per heavy atom. The molecule has 2 atom stereocenters. The zero-order valence-electron chi connectivity index (χ0n) is 22.3. The summed E-state index contributed by atoms with van der Waals surface area (Å²) in [5.74, 6) is -2.84. The normalized spacial score (nSPS) is 12.6. The number of aliphatic hydroxyl groups excluding tert-OH is 1. The van der Waals surface area contributed by atoms with Crippen LogP contribution in [0.15, 0.2) is 18.2 Å². The summed E-state index contributed by atoms with van der Waals surface area (Å²) >= 11 is 0. The number of hydrogen-bond acceptors (Lipinski definition) is 8. The summed E-state index contributed by atoms with van der Waals surface area (Å²) < 4.78 is 9.84. The van der Waals surface area contributed by atoms with Crippen molar-refractivity contribution in [1.29, 1.82) is 0 Å². The number of esters is 1. The maximum absolute atomic E-state index is 13.8. The van der Waals surface area contributed by atoms with Crippen molar-refractivity contribution < 1.29 is 38.6 Å². The Labute approximate surface area is 216 Å². The highest BCUT2D eigenvalue weighted by molar-refractivity contribution is 5.94. The second kappa shape index (κ2) is 14.2. The number of hydrogen-bond donors (Lipinski definition) is 4. The van der Waals surface area contributed by atoms with Crippen LogP contribution >= 0.6 is 0 Å². The first-order valence-electron chi connectivity index (χ1n) is 11.8. The van der Waals surface area contributed by atoms with Gasteiger partial charge in [0.05, 0.1) is 13.7 Å². The first-order valence-corrected chi connectivity index (χ1v) is 11.8. The number of ether oxygens (including phenoxy) is 2. The van der Waals surface area contributed by atoms with Crippen LogP contribution in [0.3, 0.4) is 0 Å². The number of amides is 4. The first kappa shape index (κ1) is 31.4. The molecule has 12 nitrogen and oxygen atoms in total. The molecule has 1 aromatic carbocycles. The average Bonchev–Trinajstić information content (AvgIpc) is 2.79. The van der Waals surface area contributed by atoms with Gasteiger partial charge in [0.1, 0.15) is 24.2 Å². The fraction of sp³-hybridized carbons (Fsp3) is 0.560. The Bertz CT molecular complexity index is 969. The summed E-state index contributed by atoms with van der Waals surface area (Å²) in [6.45, 7) is 7.22. The highest BCUT2D eigenvalue weighted by Crippen LogP contribution is 2.28. The van der Waals surface area contributed by atoms with Gasteiger partial charge in [-0.3, -0.25) is 19.2 Å². The Morgan fingerprint density at radius 3 is 2.19 bits per heavy atom. The first-order chi connectivity index (χ1) is 17.2. The predicted octanol–water partition coefficient (Wildman–Crippen LogP) is 0.613. The number of nitrogens with one attached hydrogen (secondary N) is 2. The molecular formula is C25H38N4O8. The van der Waals surface area contributed by atoms with E-state index in [0.717, 1.165) is 4.90 Å². The highest BCUT2D eigenvalue weighted by Gasteiger charge is 2.37. The van der Waals surface area contributed by atoms with Crippen LogP contribution in [-0.2, 0) is 28.7 Å². The summed E-state index contributed by atoms with van der Waals surface area (Å²) in [6.07, 6.45) is -1.31. The summed E-state index contributed by atoms with van der Waals surface area (Å²) in [6, 6.07) is 2.73. The van der Waals surface area contributed by atoms with E-state index in [-0.39, 0.29) is 19.4 Å². The van der Waals surface area contributed by atoms with E-state index in [1.807, 2.05) is 0 Å². The SMILES string of the molecule is COC(=O)CNC(=O)C(c1c(C)cccc1C)N(CCO)C(=O)C(CCC(N)=O)NC(=O)OC(C)(C)C. The highest BCUT2D eigenvalue weighted by atomic mass is 16.6. The lowest BCUT2D eigenvalue weighted by molar-refractivity contribution is -0.145. The van der Waals surface area contributed by atoms with Crippen molar-refractivity contribution in [3.05, 3.63) is 34.9 Å². The Morgan fingerprint density at radius 1 is 1.11 bits per heavy atom. The average molecular weight is 523 g/mol. The minimum atomic E-state index is -1.30. The number of benzene rings is 1. The predicted molar refractivity (Wildman–Crippen MR) is 134 cm³/mol. The van der Waals surface area contributed by atoms with Crippen LogP contribution in [-0.4, -0.2) is 78.2 Å². The molecule has 0 bridgehead atoms. The molecule has 0 fully saturated rings. The van der Waals surface area contributed by atoms with Crippen molar-refractivity contribution in [2.24, 2.45) is 5.73 Å². The van der Waals surface area contributed by atoms with E-state index in [2.05, 4.69) is 15.4 Å². The second-order valence-electron chi connectivity index (χ2n) is 9.46. The number of aryl methyl sites for hydroxylation is 2. The molecule has 0 aliphatic carbocycles. The van der Waals surface area contributed by atoms with Gasteiger partial charge in [-0.05, 0) is 57.7 Å². The van der Waals surface area contributed by atoms with Crippen LogP contribution in [0.4, 0.5) is 4.79 Å². The molecule has 0 radical (unpaired) electrons. The molecule has 12 heteroatoms. The monoisotopic (exact) mass is 522 g/mol. The van der Waals surface area contributed by atoms with E-state index in [4.69, 9.17) is 10.5 Å². The molecule has 0 heterocycles. The summed E-state index contributed by atoms with van der Waals surface area (Å²) in [4.78, 5) is 63.9. The lowest BCUT2D eigenvalue weighted by Gasteiger charge is -2.35. The summed E-state index contributed by atoms with van der Waals surface area (Å²) in [7, 11) is 1.17. The maximum Gasteiger partial charge on any atom is 0.408 e. The topological polar surface area (TPSA) is 177 Å². The van der Waals surface area contributed by atoms with Gasteiger partial charge in [-0.15, -0.1) is 0 Å².